The van der Waals surface area contributed by atoms with Crippen molar-refractivity contribution in [1.82, 2.24) is 9.80 Å². The molecule has 4 nitrogen and oxygen atoms in total. The Morgan fingerprint density at radius 3 is 2.84 bits per heavy atom. The first-order chi connectivity index (χ1) is 9.24. The number of ether oxygens (including phenoxy) is 1. The van der Waals surface area contributed by atoms with Crippen LogP contribution in [0.5, 0.6) is 0 Å². The minimum absolute atomic E-state index is 0.193. The molecule has 1 saturated carbocycles. The molecule has 1 aliphatic carbocycles. The van der Waals surface area contributed by atoms with Gasteiger partial charge in [-0.15, -0.1) is 0 Å². The molecule has 2 saturated heterocycles. The molecule has 3 aliphatic rings. The van der Waals surface area contributed by atoms with Crippen LogP contribution in [0.15, 0.2) is 0 Å². The van der Waals surface area contributed by atoms with Crippen molar-refractivity contribution in [2.75, 3.05) is 32.8 Å². The summed E-state index contributed by atoms with van der Waals surface area (Å²) in [7, 11) is 0. The lowest BCUT2D eigenvalue weighted by molar-refractivity contribution is -0.143. The Bertz CT molecular complexity index is 330. The molecule has 0 bridgehead atoms. The van der Waals surface area contributed by atoms with Crippen molar-refractivity contribution < 1.29 is 9.53 Å². The van der Waals surface area contributed by atoms with E-state index >= 15 is 0 Å². The van der Waals surface area contributed by atoms with Crippen molar-refractivity contribution in [3.05, 3.63) is 0 Å². The summed E-state index contributed by atoms with van der Waals surface area (Å²) in [6.07, 6.45) is 6.45. The normalized spacial score (nSPS) is 32.2. The molecule has 0 N–H and O–H groups in total. The lowest BCUT2D eigenvalue weighted by Gasteiger charge is -2.47. The average Bonchev–Trinajstić information content (AvgIpc) is 3.22. The molecule has 2 atom stereocenters. The zero-order valence-corrected chi connectivity index (χ0v) is 12.0. The summed E-state index contributed by atoms with van der Waals surface area (Å²) in [5.74, 6) is 0.929. The number of hydrogen-bond donors (Lipinski definition) is 0. The third-order valence-corrected chi connectivity index (χ3v) is 4.78. The molecule has 0 aromatic rings. The fourth-order valence-corrected chi connectivity index (χ4v) is 3.38. The number of rotatable bonds is 4. The van der Waals surface area contributed by atoms with E-state index in [4.69, 9.17) is 4.74 Å². The van der Waals surface area contributed by atoms with Crippen molar-refractivity contribution in [3.8, 4) is 0 Å². The minimum Gasteiger partial charge on any atom is -0.371 e. The van der Waals surface area contributed by atoms with E-state index < -0.39 is 0 Å². The molecule has 0 aromatic carbocycles. The summed E-state index contributed by atoms with van der Waals surface area (Å²) < 4.78 is 5.55. The third-order valence-electron chi connectivity index (χ3n) is 4.78. The number of carbonyl (C=O) groups excluding carboxylic acids is 1. The number of hydrogen-bond acceptors (Lipinski definition) is 3. The van der Waals surface area contributed by atoms with E-state index in [-0.39, 0.29) is 12.5 Å². The van der Waals surface area contributed by atoms with E-state index in [0.717, 1.165) is 25.6 Å². The first-order valence-electron chi connectivity index (χ1n) is 7.85. The van der Waals surface area contributed by atoms with Crippen LogP contribution in [0.4, 0.5) is 0 Å². The standard InChI is InChI=1S/C15H26N2O2/c1-12-8-16-7-3-2-4-14(16)9-17(12)15(18)11-19-10-13-5-6-13/h12-14H,2-11H2,1H3/t12-,14+/m0/s1. The van der Waals surface area contributed by atoms with Crippen LogP contribution in [0.2, 0.25) is 0 Å². The molecule has 2 aliphatic heterocycles. The van der Waals surface area contributed by atoms with Crippen LogP contribution in [0.3, 0.4) is 0 Å². The SMILES string of the molecule is C[C@H]1CN2CCCC[C@@H]2CN1C(=O)COCC1CC1. The van der Waals surface area contributed by atoms with Gasteiger partial charge in [-0.2, -0.15) is 0 Å². The van der Waals surface area contributed by atoms with Gasteiger partial charge in [-0.1, -0.05) is 6.42 Å². The molecule has 4 heteroatoms. The molecule has 3 fully saturated rings. The Kier molecular flexibility index (Phi) is 4.08. The highest BCUT2D eigenvalue weighted by Gasteiger charge is 2.35. The maximum absolute atomic E-state index is 12.3. The van der Waals surface area contributed by atoms with Crippen LogP contribution in [0.25, 0.3) is 0 Å². The van der Waals surface area contributed by atoms with E-state index in [9.17, 15) is 4.79 Å². The van der Waals surface area contributed by atoms with Gasteiger partial charge < -0.3 is 9.64 Å². The Morgan fingerprint density at radius 1 is 1.21 bits per heavy atom. The van der Waals surface area contributed by atoms with Crippen LogP contribution >= 0.6 is 0 Å². The summed E-state index contributed by atoms with van der Waals surface area (Å²) >= 11 is 0. The molecule has 108 valence electrons. The Labute approximate surface area is 116 Å². The fraction of sp³-hybridized carbons (Fsp3) is 0.933. The van der Waals surface area contributed by atoms with E-state index in [1.165, 1.54) is 38.6 Å². The number of amides is 1. The van der Waals surface area contributed by atoms with Crippen molar-refractivity contribution >= 4 is 5.91 Å². The van der Waals surface area contributed by atoms with Crippen LogP contribution < -0.4 is 0 Å². The molecule has 0 unspecified atom stereocenters. The van der Waals surface area contributed by atoms with Gasteiger partial charge in [0.15, 0.2) is 0 Å². The molecule has 0 aromatic heterocycles. The quantitative estimate of drug-likeness (QED) is 0.773. The summed E-state index contributed by atoms with van der Waals surface area (Å²) in [5.41, 5.74) is 0. The number of piperazine rings is 1. The Morgan fingerprint density at radius 2 is 2.05 bits per heavy atom. The predicted octanol–water partition coefficient (Wildman–Crippen LogP) is 1.50. The molecular weight excluding hydrogens is 240 g/mol. The minimum atomic E-state index is 0.193. The summed E-state index contributed by atoms with van der Waals surface area (Å²) in [5, 5.41) is 0. The largest absolute Gasteiger partial charge is 0.371 e. The summed E-state index contributed by atoms with van der Waals surface area (Å²) in [4.78, 5) is 16.9. The van der Waals surface area contributed by atoms with Gasteiger partial charge in [-0.25, -0.2) is 0 Å². The van der Waals surface area contributed by atoms with Crippen LogP contribution in [0.1, 0.15) is 39.0 Å². The molecule has 19 heavy (non-hydrogen) atoms. The maximum atomic E-state index is 12.3. The summed E-state index contributed by atoms with van der Waals surface area (Å²) in [6.45, 7) is 6.40. The maximum Gasteiger partial charge on any atom is 0.248 e. The smallest absolute Gasteiger partial charge is 0.248 e. The van der Waals surface area contributed by atoms with Crippen molar-refractivity contribution in [3.63, 3.8) is 0 Å². The van der Waals surface area contributed by atoms with Gasteiger partial charge in [-0.3, -0.25) is 9.69 Å². The third kappa shape index (κ3) is 3.29. The zero-order valence-electron chi connectivity index (χ0n) is 12.0. The van der Waals surface area contributed by atoms with Crippen molar-refractivity contribution in [1.29, 1.82) is 0 Å². The molecule has 2 heterocycles. The molecule has 0 radical (unpaired) electrons. The van der Waals surface area contributed by atoms with Crippen molar-refractivity contribution in [2.24, 2.45) is 5.92 Å². The van der Waals surface area contributed by atoms with E-state index in [1.54, 1.807) is 0 Å². The fourth-order valence-electron chi connectivity index (χ4n) is 3.38. The van der Waals surface area contributed by atoms with Crippen molar-refractivity contribution in [2.45, 2.75) is 51.1 Å². The predicted molar refractivity (Wildman–Crippen MR) is 73.9 cm³/mol. The highest BCUT2D eigenvalue weighted by Crippen LogP contribution is 2.29. The van der Waals surface area contributed by atoms with Crippen LogP contribution in [0, 0.1) is 5.92 Å². The number of piperidine rings is 1. The molecule has 1 amide bonds. The topological polar surface area (TPSA) is 32.8 Å². The van der Waals surface area contributed by atoms with Gasteiger partial charge >= 0.3 is 0 Å². The first kappa shape index (κ1) is 13.4. The first-order valence-corrected chi connectivity index (χ1v) is 7.85. The lowest BCUT2D eigenvalue weighted by Crippen LogP contribution is -2.60. The molecule has 0 spiro atoms. The molecule has 3 rings (SSSR count). The van der Waals surface area contributed by atoms with Crippen LogP contribution in [-0.4, -0.2) is 60.6 Å². The monoisotopic (exact) mass is 266 g/mol. The second-order valence-corrected chi connectivity index (χ2v) is 6.50. The van der Waals surface area contributed by atoms with Gasteiger partial charge in [0, 0.05) is 25.2 Å². The Hall–Kier alpha value is -0.610. The van der Waals surface area contributed by atoms with E-state index in [0.29, 0.717) is 12.1 Å². The number of carbonyl (C=O) groups is 1. The zero-order chi connectivity index (χ0) is 13.2. The summed E-state index contributed by atoms with van der Waals surface area (Å²) in [6, 6.07) is 0.934. The number of nitrogens with zero attached hydrogens (tertiary/aromatic N) is 2. The lowest BCUT2D eigenvalue weighted by atomic mass is 9.97. The highest BCUT2D eigenvalue weighted by molar-refractivity contribution is 5.78. The van der Waals surface area contributed by atoms with Gasteiger partial charge in [0.25, 0.3) is 0 Å². The average molecular weight is 266 g/mol. The van der Waals surface area contributed by atoms with Crippen LogP contribution in [-0.2, 0) is 9.53 Å². The Balaban J connectivity index is 1.49. The second kappa shape index (κ2) is 5.80. The second-order valence-electron chi connectivity index (χ2n) is 6.50. The van der Waals surface area contributed by atoms with E-state index in [2.05, 4.69) is 16.7 Å². The van der Waals surface area contributed by atoms with Gasteiger partial charge in [0.05, 0.1) is 6.61 Å². The molecular formula is C15H26N2O2. The van der Waals surface area contributed by atoms with Gasteiger partial charge in [0.1, 0.15) is 6.61 Å². The number of fused-ring (bicyclic) bond motifs is 1. The van der Waals surface area contributed by atoms with E-state index in [1.807, 2.05) is 0 Å². The van der Waals surface area contributed by atoms with Gasteiger partial charge in [-0.05, 0) is 45.1 Å². The highest BCUT2D eigenvalue weighted by atomic mass is 16.5. The van der Waals surface area contributed by atoms with Gasteiger partial charge in [0.2, 0.25) is 5.91 Å².